The molecule has 1 atom stereocenters. The van der Waals surface area contributed by atoms with Crippen LogP contribution < -0.4 is 10.6 Å². The summed E-state index contributed by atoms with van der Waals surface area (Å²) >= 11 is 0. The summed E-state index contributed by atoms with van der Waals surface area (Å²) in [6.07, 6.45) is 3.85. The van der Waals surface area contributed by atoms with Crippen molar-refractivity contribution in [2.75, 3.05) is 18.5 Å². The summed E-state index contributed by atoms with van der Waals surface area (Å²) < 4.78 is 5.52. The molecule has 1 heterocycles. The predicted octanol–water partition coefficient (Wildman–Crippen LogP) is 2.69. The summed E-state index contributed by atoms with van der Waals surface area (Å²) in [6, 6.07) is 7.99. The van der Waals surface area contributed by atoms with Crippen LogP contribution in [0.4, 0.5) is 5.69 Å². The molecule has 20 heavy (non-hydrogen) atoms. The second-order valence-corrected chi connectivity index (χ2v) is 5.20. The molecule has 1 aromatic rings. The van der Waals surface area contributed by atoms with E-state index < -0.39 is 0 Å². The molecule has 0 aromatic heterocycles. The van der Waals surface area contributed by atoms with Gasteiger partial charge in [0.25, 0.3) is 0 Å². The van der Waals surface area contributed by atoms with Gasteiger partial charge in [0.2, 0.25) is 5.91 Å². The molecular weight excluding hydrogens is 252 g/mol. The molecule has 1 amide bonds. The molecule has 1 saturated heterocycles. The van der Waals surface area contributed by atoms with Crippen LogP contribution in [-0.4, -0.2) is 25.2 Å². The summed E-state index contributed by atoms with van der Waals surface area (Å²) in [6.45, 7) is 4.76. The third kappa shape index (κ3) is 4.94. The summed E-state index contributed by atoms with van der Waals surface area (Å²) in [5.74, 6) is 0.0694. The summed E-state index contributed by atoms with van der Waals surface area (Å²) in [5.41, 5.74) is 2.09. The van der Waals surface area contributed by atoms with Crippen molar-refractivity contribution in [2.24, 2.45) is 0 Å². The largest absolute Gasteiger partial charge is 0.378 e. The smallest absolute Gasteiger partial charge is 0.224 e. The molecule has 0 spiro atoms. The maximum atomic E-state index is 11.8. The predicted molar refractivity (Wildman–Crippen MR) is 80.7 cm³/mol. The second kappa shape index (κ2) is 8.02. The standard InChI is InChI=1S/C16H24N2O2/c1-2-17-12-13-5-7-14(8-6-13)18-16(19)10-9-15-4-3-11-20-15/h5-8,15,17H,2-4,9-12H2,1H3,(H,18,19). The first-order chi connectivity index (χ1) is 9.78. The van der Waals surface area contributed by atoms with Gasteiger partial charge in [0.15, 0.2) is 0 Å². The molecule has 0 saturated carbocycles. The molecular formula is C16H24N2O2. The highest BCUT2D eigenvalue weighted by Gasteiger charge is 2.16. The van der Waals surface area contributed by atoms with Crippen molar-refractivity contribution in [1.29, 1.82) is 0 Å². The number of carbonyl (C=O) groups excluding carboxylic acids is 1. The third-order valence-electron chi connectivity index (χ3n) is 3.53. The molecule has 0 aliphatic carbocycles. The number of rotatable bonds is 7. The van der Waals surface area contributed by atoms with Crippen LogP contribution in [0.2, 0.25) is 0 Å². The highest BCUT2D eigenvalue weighted by molar-refractivity contribution is 5.90. The number of amides is 1. The Balaban J connectivity index is 1.72. The molecule has 1 fully saturated rings. The van der Waals surface area contributed by atoms with E-state index >= 15 is 0 Å². The molecule has 0 radical (unpaired) electrons. The zero-order chi connectivity index (χ0) is 14.2. The van der Waals surface area contributed by atoms with E-state index in [4.69, 9.17) is 4.74 Å². The molecule has 110 valence electrons. The monoisotopic (exact) mass is 276 g/mol. The van der Waals surface area contributed by atoms with Crippen LogP contribution >= 0.6 is 0 Å². The first kappa shape index (κ1) is 15.0. The van der Waals surface area contributed by atoms with Crippen molar-refractivity contribution >= 4 is 11.6 Å². The van der Waals surface area contributed by atoms with E-state index in [1.807, 2.05) is 24.3 Å². The minimum Gasteiger partial charge on any atom is -0.378 e. The van der Waals surface area contributed by atoms with Crippen molar-refractivity contribution in [3.63, 3.8) is 0 Å². The highest BCUT2D eigenvalue weighted by atomic mass is 16.5. The van der Waals surface area contributed by atoms with Crippen molar-refractivity contribution in [1.82, 2.24) is 5.32 Å². The van der Waals surface area contributed by atoms with Gasteiger partial charge in [0, 0.05) is 25.3 Å². The molecule has 1 aromatic carbocycles. The number of hydrogen-bond acceptors (Lipinski definition) is 3. The molecule has 1 aliphatic rings. The van der Waals surface area contributed by atoms with Crippen LogP contribution in [0.5, 0.6) is 0 Å². The van der Waals surface area contributed by atoms with Crippen LogP contribution in [0.15, 0.2) is 24.3 Å². The summed E-state index contributed by atoms with van der Waals surface area (Å²) in [4.78, 5) is 11.8. The van der Waals surface area contributed by atoms with Crippen LogP contribution in [0, 0.1) is 0 Å². The van der Waals surface area contributed by atoms with Crippen molar-refractivity contribution < 1.29 is 9.53 Å². The Labute approximate surface area is 120 Å². The molecule has 2 N–H and O–H groups in total. The van der Waals surface area contributed by atoms with E-state index in [9.17, 15) is 4.79 Å². The minimum atomic E-state index is 0.0694. The fraction of sp³-hybridized carbons (Fsp3) is 0.562. The number of nitrogens with one attached hydrogen (secondary N) is 2. The molecule has 2 rings (SSSR count). The quantitative estimate of drug-likeness (QED) is 0.805. The Hall–Kier alpha value is -1.39. The van der Waals surface area contributed by atoms with E-state index in [0.717, 1.165) is 44.6 Å². The lowest BCUT2D eigenvalue weighted by Crippen LogP contribution is -2.15. The first-order valence-electron chi connectivity index (χ1n) is 7.49. The van der Waals surface area contributed by atoms with Gasteiger partial charge in [0.1, 0.15) is 0 Å². The van der Waals surface area contributed by atoms with Crippen LogP contribution in [0.1, 0.15) is 38.2 Å². The summed E-state index contributed by atoms with van der Waals surface area (Å²) in [5, 5.41) is 6.21. The van der Waals surface area contributed by atoms with Gasteiger partial charge in [-0.05, 0) is 43.5 Å². The lowest BCUT2D eigenvalue weighted by atomic mass is 10.1. The van der Waals surface area contributed by atoms with Crippen LogP contribution in [0.3, 0.4) is 0 Å². The minimum absolute atomic E-state index is 0.0694. The Bertz CT molecular complexity index is 411. The molecule has 4 nitrogen and oxygen atoms in total. The Kier molecular flexibility index (Phi) is 6.02. The van der Waals surface area contributed by atoms with Gasteiger partial charge in [-0.25, -0.2) is 0 Å². The van der Waals surface area contributed by atoms with Gasteiger partial charge in [-0.2, -0.15) is 0 Å². The van der Waals surface area contributed by atoms with E-state index in [1.165, 1.54) is 5.56 Å². The van der Waals surface area contributed by atoms with E-state index in [-0.39, 0.29) is 12.0 Å². The number of ether oxygens (including phenoxy) is 1. The van der Waals surface area contributed by atoms with Crippen molar-refractivity contribution in [3.8, 4) is 0 Å². The van der Waals surface area contributed by atoms with E-state index in [1.54, 1.807) is 0 Å². The fourth-order valence-electron chi connectivity index (χ4n) is 2.36. The number of carbonyl (C=O) groups is 1. The van der Waals surface area contributed by atoms with Crippen molar-refractivity contribution in [2.45, 2.75) is 45.3 Å². The zero-order valence-corrected chi connectivity index (χ0v) is 12.2. The molecule has 1 unspecified atom stereocenters. The zero-order valence-electron chi connectivity index (χ0n) is 12.2. The van der Waals surface area contributed by atoms with Crippen LogP contribution in [0.25, 0.3) is 0 Å². The lowest BCUT2D eigenvalue weighted by Gasteiger charge is -2.10. The SMILES string of the molecule is CCNCc1ccc(NC(=O)CCC2CCCO2)cc1. The average Bonchev–Trinajstić information content (AvgIpc) is 2.98. The maximum Gasteiger partial charge on any atom is 0.224 e. The first-order valence-corrected chi connectivity index (χ1v) is 7.49. The highest BCUT2D eigenvalue weighted by Crippen LogP contribution is 2.17. The number of anilines is 1. The Morgan fingerprint density at radius 1 is 1.35 bits per heavy atom. The second-order valence-electron chi connectivity index (χ2n) is 5.20. The maximum absolute atomic E-state index is 11.8. The van der Waals surface area contributed by atoms with Crippen LogP contribution in [-0.2, 0) is 16.1 Å². The van der Waals surface area contributed by atoms with Gasteiger partial charge in [0.05, 0.1) is 6.10 Å². The van der Waals surface area contributed by atoms with Gasteiger partial charge in [-0.3, -0.25) is 4.79 Å². The van der Waals surface area contributed by atoms with Gasteiger partial charge in [-0.15, -0.1) is 0 Å². The Morgan fingerprint density at radius 2 is 2.15 bits per heavy atom. The lowest BCUT2D eigenvalue weighted by molar-refractivity contribution is -0.116. The van der Waals surface area contributed by atoms with Gasteiger partial charge in [-0.1, -0.05) is 19.1 Å². The van der Waals surface area contributed by atoms with E-state index in [2.05, 4.69) is 17.6 Å². The van der Waals surface area contributed by atoms with Gasteiger partial charge >= 0.3 is 0 Å². The average molecular weight is 276 g/mol. The fourth-order valence-corrected chi connectivity index (χ4v) is 2.36. The third-order valence-corrected chi connectivity index (χ3v) is 3.53. The normalized spacial score (nSPS) is 18.1. The van der Waals surface area contributed by atoms with E-state index in [0.29, 0.717) is 6.42 Å². The van der Waals surface area contributed by atoms with Crippen molar-refractivity contribution in [3.05, 3.63) is 29.8 Å². The molecule has 1 aliphatic heterocycles. The molecule has 4 heteroatoms. The Morgan fingerprint density at radius 3 is 2.80 bits per heavy atom. The molecule has 0 bridgehead atoms. The topological polar surface area (TPSA) is 50.4 Å². The number of hydrogen-bond donors (Lipinski definition) is 2. The van der Waals surface area contributed by atoms with Gasteiger partial charge < -0.3 is 15.4 Å². The number of benzene rings is 1. The summed E-state index contributed by atoms with van der Waals surface area (Å²) in [7, 11) is 0.